The van der Waals surface area contributed by atoms with Gasteiger partial charge in [-0.3, -0.25) is 9.59 Å². The quantitative estimate of drug-likeness (QED) is 0.409. The molecule has 0 radical (unpaired) electrons. The summed E-state index contributed by atoms with van der Waals surface area (Å²) in [6.45, 7) is 11.1. The number of aliphatic hydroxyl groups is 2. The number of nitrogens with one attached hydrogen (secondary N) is 1. The summed E-state index contributed by atoms with van der Waals surface area (Å²) in [5.74, 6) is -2.36. The molecule has 1 aromatic rings. The molecule has 0 aromatic carbocycles. The molecule has 2 saturated heterocycles. The molecule has 36 heavy (non-hydrogen) atoms. The van der Waals surface area contributed by atoms with Crippen molar-refractivity contribution in [3.8, 4) is 0 Å². The van der Waals surface area contributed by atoms with Crippen LogP contribution in [0.3, 0.4) is 0 Å². The van der Waals surface area contributed by atoms with Crippen molar-refractivity contribution >= 4 is 29.2 Å². The maximum atomic E-state index is 13.0. The standard InChI is InChI=1S/C27H42N2O6S/c1-14-9-8-10-27(6)26(35-27)22(28-7)25(15(2)11-19-13-36-18(5)29-19)34-21(31)12-20(30)16(3)24(33)17(4)23(14)32/h11,13-14,16-17,20,22-23,25-26,28,30,32H,8-10,12H2,1-7H3/b15-11+/t14-,16?,17+,20-,22?,23-,25+,26-,27+/m0/s1. The predicted molar refractivity (Wildman–Crippen MR) is 139 cm³/mol. The van der Waals surface area contributed by atoms with Crippen LogP contribution in [0.5, 0.6) is 0 Å². The lowest BCUT2D eigenvalue weighted by atomic mass is 9.81. The molecule has 1 aromatic heterocycles. The van der Waals surface area contributed by atoms with E-state index in [9.17, 15) is 19.8 Å². The highest BCUT2D eigenvalue weighted by Crippen LogP contribution is 2.45. The van der Waals surface area contributed by atoms with E-state index in [4.69, 9.17) is 9.47 Å². The number of hydrogen-bond donors (Lipinski definition) is 3. The average Bonchev–Trinajstić information content (AvgIpc) is 3.31. The van der Waals surface area contributed by atoms with Crippen molar-refractivity contribution in [1.29, 1.82) is 0 Å². The van der Waals surface area contributed by atoms with Crippen LogP contribution in [0.1, 0.15) is 71.0 Å². The Hall–Kier alpha value is -1.65. The maximum Gasteiger partial charge on any atom is 0.309 e. The molecule has 3 heterocycles. The highest BCUT2D eigenvalue weighted by Gasteiger charge is 2.58. The second-order valence-corrected chi connectivity index (χ2v) is 11.9. The van der Waals surface area contributed by atoms with E-state index in [1.54, 1.807) is 25.2 Å². The summed E-state index contributed by atoms with van der Waals surface area (Å²) in [5.41, 5.74) is 1.23. The molecule has 3 rings (SSSR count). The van der Waals surface area contributed by atoms with Gasteiger partial charge in [0, 0.05) is 17.2 Å². The number of likely N-dealkylation sites (N-methyl/N-ethyl adjacent to an activating group) is 1. The molecule has 2 unspecified atom stereocenters. The number of epoxide rings is 1. The Kier molecular flexibility index (Phi) is 9.49. The van der Waals surface area contributed by atoms with Crippen LogP contribution in [0.2, 0.25) is 0 Å². The zero-order chi connectivity index (χ0) is 26.8. The number of ketones is 1. The third kappa shape index (κ3) is 6.61. The van der Waals surface area contributed by atoms with E-state index in [1.807, 2.05) is 39.3 Å². The van der Waals surface area contributed by atoms with Crippen LogP contribution in [0.15, 0.2) is 11.0 Å². The lowest BCUT2D eigenvalue weighted by Crippen LogP contribution is -2.47. The number of nitrogens with zero attached hydrogens (tertiary/aromatic N) is 1. The van der Waals surface area contributed by atoms with E-state index < -0.39 is 36.1 Å². The van der Waals surface area contributed by atoms with Gasteiger partial charge in [0.15, 0.2) is 0 Å². The van der Waals surface area contributed by atoms with E-state index in [1.165, 1.54) is 0 Å². The molecule has 0 saturated carbocycles. The Labute approximate surface area is 218 Å². The van der Waals surface area contributed by atoms with Crippen molar-refractivity contribution in [2.75, 3.05) is 7.05 Å². The Morgan fingerprint density at radius 3 is 2.56 bits per heavy atom. The third-order valence-corrected chi connectivity index (χ3v) is 8.72. The Morgan fingerprint density at radius 1 is 1.25 bits per heavy atom. The van der Waals surface area contributed by atoms with Gasteiger partial charge in [-0.05, 0) is 58.2 Å². The minimum atomic E-state index is -1.20. The lowest BCUT2D eigenvalue weighted by molar-refractivity contribution is -0.152. The molecular weight excluding hydrogens is 480 g/mol. The zero-order valence-corrected chi connectivity index (χ0v) is 23.3. The van der Waals surface area contributed by atoms with Gasteiger partial charge >= 0.3 is 5.97 Å². The number of cyclic esters (lactones) is 1. The number of thiazole rings is 1. The molecule has 0 bridgehead atoms. The molecule has 202 valence electrons. The number of rotatable bonds is 3. The minimum Gasteiger partial charge on any atom is -0.456 e. The lowest BCUT2D eigenvalue weighted by Gasteiger charge is -2.30. The number of hydrogen-bond acceptors (Lipinski definition) is 9. The predicted octanol–water partition coefficient (Wildman–Crippen LogP) is 3.29. The van der Waals surface area contributed by atoms with Crippen molar-refractivity contribution in [3.05, 3.63) is 21.7 Å². The Balaban J connectivity index is 1.91. The van der Waals surface area contributed by atoms with Crippen molar-refractivity contribution < 1.29 is 29.3 Å². The number of aromatic nitrogens is 1. The molecule has 0 spiro atoms. The van der Waals surface area contributed by atoms with Crippen LogP contribution in [0.25, 0.3) is 6.08 Å². The molecule has 8 nitrogen and oxygen atoms in total. The maximum absolute atomic E-state index is 13.0. The fourth-order valence-corrected chi connectivity index (χ4v) is 5.90. The van der Waals surface area contributed by atoms with E-state index in [0.717, 1.165) is 35.5 Å². The molecular formula is C27H42N2O6S. The summed E-state index contributed by atoms with van der Waals surface area (Å²) in [4.78, 5) is 30.5. The first-order chi connectivity index (χ1) is 16.9. The number of esters is 1. The topological polar surface area (TPSA) is 121 Å². The van der Waals surface area contributed by atoms with Crippen molar-refractivity contribution in [3.63, 3.8) is 0 Å². The number of fused-ring (bicyclic) bond motifs is 1. The Bertz CT molecular complexity index is 964. The summed E-state index contributed by atoms with van der Waals surface area (Å²) in [6.07, 6.45) is 1.15. The molecule has 2 aliphatic heterocycles. The highest BCUT2D eigenvalue weighted by molar-refractivity contribution is 7.09. The van der Waals surface area contributed by atoms with Crippen LogP contribution < -0.4 is 5.32 Å². The van der Waals surface area contributed by atoms with E-state index in [-0.39, 0.29) is 35.9 Å². The fourth-order valence-electron chi connectivity index (χ4n) is 5.33. The normalized spacial score (nSPS) is 39.4. The third-order valence-electron chi connectivity index (χ3n) is 7.92. The van der Waals surface area contributed by atoms with Crippen LogP contribution in [0, 0.1) is 24.7 Å². The van der Waals surface area contributed by atoms with Gasteiger partial charge in [0.25, 0.3) is 0 Å². The summed E-state index contributed by atoms with van der Waals surface area (Å²) in [7, 11) is 1.82. The fraction of sp³-hybridized carbons (Fsp3) is 0.741. The SMILES string of the molecule is CNC1[C@@H](/C(C)=C/c2csc(C)n2)OC(=O)C[C@H](O)C(C)C(=O)[C@H](C)[C@@H](O)[C@@H](C)CCC[C@@]2(C)O[C@@H]12. The van der Waals surface area contributed by atoms with Crippen molar-refractivity contribution in [2.24, 2.45) is 17.8 Å². The number of aryl methyl sites for hydroxylation is 1. The van der Waals surface area contributed by atoms with Crippen molar-refractivity contribution in [2.45, 2.75) is 103 Å². The van der Waals surface area contributed by atoms with Gasteiger partial charge in [-0.15, -0.1) is 11.3 Å². The van der Waals surface area contributed by atoms with Gasteiger partial charge in [0.05, 0.1) is 41.0 Å². The van der Waals surface area contributed by atoms with E-state index in [0.29, 0.717) is 0 Å². The number of carbonyl (C=O) groups is 2. The Morgan fingerprint density at radius 2 is 1.94 bits per heavy atom. The highest BCUT2D eigenvalue weighted by atomic mass is 32.1. The van der Waals surface area contributed by atoms with Gasteiger partial charge in [-0.1, -0.05) is 27.2 Å². The molecule has 2 aliphatic rings. The first-order valence-corrected chi connectivity index (χ1v) is 13.8. The summed E-state index contributed by atoms with van der Waals surface area (Å²) < 4.78 is 12.1. The monoisotopic (exact) mass is 522 g/mol. The number of ether oxygens (including phenoxy) is 2. The van der Waals surface area contributed by atoms with E-state index in [2.05, 4.69) is 17.2 Å². The first kappa shape index (κ1) is 28.9. The molecule has 9 atom stereocenters. The molecule has 2 fully saturated rings. The second kappa shape index (κ2) is 11.8. The van der Waals surface area contributed by atoms with E-state index >= 15 is 0 Å². The van der Waals surface area contributed by atoms with Gasteiger partial charge in [0.2, 0.25) is 0 Å². The van der Waals surface area contributed by atoms with Crippen LogP contribution in [-0.4, -0.2) is 70.1 Å². The van der Waals surface area contributed by atoms with Crippen molar-refractivity contribution in [1.82, 2.24) is 10.3 Å². The van der Waals surface area contributed by atoms with Gasteiger partial charge in [0.1, 0.15) is 18.0 Å². The van der Waals surface area contributed by atoms with Crippen LogP contribution in [-0.2, 0) is 19.1 Å². The number of carbonyl (C=O) groups excluding carboxylic acids is 2. The largest absolute Gasteiger partial charge is 0.456 e. The van der Waals surface area contributed by atoms with Crippen LogP contribution in [0.4, 0.5) is 0 Å². The minimum absolute atomic E-state index is 0.0773. The molecule has 9 heteroatoms. The first-order valence-electron chi connectivity index (χ1n) is 12.9. The average molecular weight is 523 g/mol. The zero-order valence-electron chi connectivity index (χ0n) is 22.5. The van der Waals surface area contributed by atoms with Gasteiger partial charge < -0.3 is 25.0 Å². The van der Waals surface area contributed by atoms with Gasteiger partial charge in [-0.2, -0.15) is 0 Å². The second-order valence-electron chi connectivity index (χ2n) is 10.9. The summed E-state index contributed by atoms with van der Waals surface area (Å²) >= 11 is 1.55. The number of Topliss-reactive ketones (excluding diaryl/α,β-unsaturated/α-hetero) is 1. The molecule has 0 aliphatic carbocycles. The number of aliphatic hydroxyl groups excluding tert-OH is 2. The smallest absolute Gasteiger partial charge is 0.309 e. The molecule has 0 amide bonds. The summed E-state index contributed by atoms with van der Waals surface area (Å²) in [5, 5.41) is 27.7. The van der Waals surface area contributed by atoms with Crippen LogP contribution >= 0.6 is 11.3 Å². The molecule has 3 N–H and O–H groups in total. The van der Waals surface area contributed by atoms with Gasteiger partial charge in [-0.25, -0.2) is 4.98 Å². The summed E-state index contributed by atoms with van der Waals surface area (Å²) in [6, 6.07) is -0.304.